The number of aromatic nitrogens is 2. The van der Waals surface area contributed by atoms with E-state index in [-0.39, 0.29) is 6.42 Å². The van der Waals surface area contributed by atoms with Gasteiger partial charge in [0.2, 0.25) is 5.91 Å². The Balaban J connectivity index is 0.00000136. The first-order chi connectivity index (χ1) is 13.4. The maximum atomic E-state index is 13.2. The van der Waals surface area contributed by atoms with E-state index in [0.29, 0.717) is 28.5 Å². The van der Waals surface area contributed by atoms with Crippen molar-refractivity contribution in [3.05, 3.63) is 71.6 Å². The number of hydrogen-bond acceptors (Lipinski definition) is 4. The number of nitrogens with zero attached hydrogens (tertiary/aromatic N) is 2. The number of halogens is 2. The van der Waals surface area contributed by atoms with Crippen molar-refractivity contribution < 1.29 is 13.6 Å². The molecule has 3 aromatic rings. The maximum absolute atomic E-state index is 13.2. The lowest BCUT2D eigenvalue weighted by atomic mass is 10.1. The van der Waals surface area contributed by atoms with Crippen molar-refractivity contribution in [2.75, 3.05) is 11.1 Å². The monoisotopic (exact) mass is 384 g/mol. The second-order valence-electron chi connectivity index (χ2n) is 5.78. The minimum Gasteiger partial charge on any atom is -0.399 e. The fourth-order valence-electron chi connectivity index (χ4n) is 2.41. The summed E-state index contributed by atoms with van der Waals surface area (Å²) in [5.41, 5.74) is 8.73. The Morgan fingerprint density at radius 1 is 1.07 bits per heavy atom. The van der Waals surface area contributed by atoms with Crippen LogP contribution in [0, 0.1) is 18.6 Å². The number of nitrogens with two attached hydrogens (primary N) is 1. The van der Waals surface area contributed by atoms with E-state index in [2.05, 4.69) is 15.3 Å². The predicted molar refractivity (Wildman–Crippen MR) is 107 cm³/mol. The van der Waals surface area contributed by atoms with Crippen LogP contribution in [0.4, 0.5) is 20.3 Å². The number of amides is 1. The van der Waals surface area contributed by atoms with Gasteiger partial charge in [-0.1, -0.05) is 32.0 Å². The van der Waals surface area contributed by atoms with E-state index in [9.17, 15) is 13.6 Å². The first-order valence-electron chi connectivity index (χ1n) is 8.85. The zero-order valence-electron chi connectivity index (χ0n) is 16.0. The van der Waals surface area contributed by atoms with Crippen LogP contribution in [0.3, 0.4) is 0 Å². The van der Waals surface area contributed by atoms with E-state index in [1.54, 1.807) is 25.3 Å². The van der Waals surface area contributed by atoms with E-state index < -0.39 is 17.5 Å². The maximum Gasteiger partial charge on any atom is 0.229 e. The van der Waals surface area contributed by atoms with Gasteiger partial charge in [-0.3, -0.25) is 4.79 Å². The van der Waals surface area contributed by atoms with E-state index in [1.807, 2.05) is 26.0 Å². The molecule has 0 saturated heterocycles. The molecule has 0 saturated carbocycles. The van der Waals surface area contributed by atoms with Crippen LogP contribution >= 0.6 is 0 Å². The minimum atomic E-state index is -0.987. The number of anilines is 2. The van der Waals surface area contributed by atoms with E-state index >= 15 is 0 Å². The Bertz CT molecular complexity index is 959. The zero-order chi connectivity index (χ0) is 20.7. The Labute approximate surface area is 162 Å². The molecule has 3 N–H and O–H groups in total. The highest BCUT2D eigenvalue weighted by molar-refractivity contribution is 5.91. The number of rotatable bonds is 4. The van der Waals surface area contributed by atoms with Gasteiger partial charge in [0.25, 0.3) is 0 Å². The molecule has 1 amide bonds. The zero-order valence-corrected chi connectivity index (χ0v) is 16.0. The Kier molecular flexibility index (Phi) is 7.14. The first-order valence-corrected chi connectivity index (χ1v) is 8.85. The third-order valence-corrected chi connectivity index (χ3v) is 3.76. The molecule has 0 unspecified atom stereocenters. The Morgan fingerprint density at radius 3 is 2.36 bits per heavy atom. The van der Waals surface area contributed by atoms with Gasteiger partial charge in [-0.25, -0.2) is 18.7 Å². The van der Waals surface area contributed by atoms with Crippen LogP contribution in [-0.4, -0.2) is 15.9 Å². The van der Waals surface area contributed by atoms with Gasteiger partial charge in [0.1, 0.15) is 0 Å². The van der Waals surface area contributed by atoms with Crippen LogP contribution < -0.4 is 11.1 Å². The third kappa shape index (κ3) is 5.33. The number of carbonyl (C=O) groups excluding carboxylic acids is 1. The predicted octanol–water partition coefficient (Wildman–Crippen LogP) is 4.52. The van der Waals surface area contributed by atoms with E-state index in [4.69, 9.17) is 5.73 Å². The summed E-state index contributed by atoms with van der Waals surface area (Å²) in [7, 11) is 0. The summed E-state index contributed by atoms with van der Waals surface area (Å²) in [5, 5.41) is 2.63. The Hall–Kier alpha value is -3.35. The van der Waals surface area contributed by atoms with Crippen molar-refractivity contribution in [1.82, 2.24) is 9.97 Å². The smallest absolute Gasteiger partial charge is 0.229 e. The Morgan fingerprint density at radius 2 is 1.75 bits per heavy atom. The van der Waals surface area contributed by atoms with Crippen molar-refractivity contribution in [2.24, 2.45) is 0 Å². The molecule has 1 aromatic heterocycles. The van der Waals surface area contributed by atoms with Crippen LogP contribution in [0.2, 0.25) is 0 Å². The summed E-state index contributed by atoms with van der Waals surface area (Å²) < 4.78 is 26.1. The number of carbonyl (C=O) groups is 1. The molecule has 0 aliphatic heterocycles. The number of benzene rings is 2. The van der Waals surface area contributed by atoms with Gasteiger partial charge in [0, 0.05) is 11.3 Å². The SMILES string of the molecule is CC.Cc1nc(-c2ccc(N)cc2)cnc1NC(=O)Cc1ccc(F)c(F)c1. The van der Waals surface area contributed by atoms with Crippen LogP contribution in [0.1, 0.15) is 25.1 Å². The molecular weight excluding hydrogens is 362 g/mol. The average Bonchev–Trinajstić information content (AvgIpc) is 2.68. The lowest BCUT2D eigenvalue weighted by Crippen LogP contribution is -2.17. The summed E-state index contributed by atoms with van der Waals surface area (Å²) in [6, 6.07) is 10.6. The minimum absolute atomic E-state index is 0.0992. The van der Waals surface area contributed by atoms with Crippen LogP contribution in [0.5, 0.6) is 0 Å². The second kappa shape index (κ2) is 9.55. The quantitative estimate of drug-likeness (QED) is 0.648. The van der Waals surface area contributed by atoms with Gasteiger partial charge in [-0.2, -0.15) is 0 Å². The standard InChI is InChI=1S/C19H16F2N4O.C2H6/c1-11-19(23-10-17(24-11)13-3-5-14(22)6-4-13)25-18(26)9-12-2-7-15(20)16(21)8-12;1-2/h2-8,10H,9,22H2,1H3,(H,23,25,26);1-2H3. The van der Waals surface area contributed by atoms with Gasteiger partial charge in [0.15, 0.2) is 17.5 Å². The summed E-state index contributed by atoms with van der Waals surface area (Å²) in [4.78, 5) is 20.8. The summed E-state index contributed by atoms with van der Waals surface area (Å²) >= 11 is 0. The largest absolute Gasteiger partial charge is 0.399 e. The topological polar surface area (TPSA) is 80.9 Å². The third-order valence-electron chi connectivity index (χ3n) is 3.76. The van der Waals surface area contributed by atoms with Crippen molar-refractivity contribution in [1.29, 1.82) is 0 Å². The van der Waals surface area contributed by atoms with Crippen molar-refractivity contribution in [3.8, 4) is 11.3 Å². The molecule has 1 heterocycles. The molecule has 146 valence electrons. The summed E-state index contributed by atoms with van der Waals surface area (Å²) in [6.45, 7) is 5.72. The molecule has 0 aliphatic rings. The molecule has 0 aliphatic carbocycles. The second-order valence-corrected chi connectivity index (χ2v) is 5.78. The molecule has 2 aromatic carbocycles. The van der Waals surface area contributed by atoms with Crippen LogP contribution in [0.15, 0.2) is 48.7 Å². The van der Waals surface area contributed by atoms with Gasteiger partial charge >= 0.3 is 0 Å². The number of nitrogens with one attached hydrogen (secondary N) is 1. The first kappa shape index (κ1) is 21.0. The molecule has 0 fully saturated rings. The highest BCUT2D eigenvalue weighted by Gasteiger charge is 2.11. The molecule has 0 atom stereocenters. The highest BCUT2D eigenvalue weighted by atomic mass is 19.2. The van der Waals surface area contributed by atoms with Gasteiger partial charge in [0.05, 0.1) is 24.0 Å². The van der Waals surface area contributed by atoms with Crippen molar-refractivity contribution in [3.63, 3.8) is 0 Å². The molecule has 7 heteroatoms. The number of hydrogen-bond donors (Lipinski definition) is 2. The molecule has 3 rings (SSSR count). The summed E-state index contributed by atoms with van der Waals surface area (Å²) in [5.74, 6) is -2.02. The molecule has 5 nitrogen and oxygen atoms in total. The van der Waals surface area contributed by atoms with Gasteiger partial charge in [-0.05, 0) is 36.8 Å². The van der Waals surface area contributed by atoms with Crippen molar-refractivity contribution >= 4 is 17.4 Å². The average molecular weight is 384 g/mol. The van der Waals surface area contributed by atoms with Gasteiger partial charge < -0.3 is 11.1 Å². The van der Waals surface area contributed by atoms with Crippen LogP contribution in [-0.2, 0) is 11.2 Å². The lowest BCUT2D eigenvalue weighted by molar-refractivity contribution is -0.115. The lowest BCUT2D eigenvalue weighted by Gasteiger charge is -2.09. The molecule has 0 radical (unpaired) electrons. The molecule has 28 heavy (non-hydrogen) atoms. The van der Waals surface area contributed by atoms with Gasteiger partial charge in [-0.15, -0.1) is 0 Å². The van der Waals surface area contributed by atoms with Crippen LogP contribution in [0.25, 0.3) is 11.3 Å². The van der Waals surface area contributed by atoms with Crippen molar-refractivity contribution in [2.45, 2.75) is 27.2 Å². The number of nitrogen functional groups attached to an aromatic ring is 1. The molecule has 0 spiro atoms. The number of aryl methyl sites for hydroxylation is 1. The molecular formula is C21H22F2N4O. The fourth-order valence-corrected chi connectivity index (χ4v) is 2.41. The normalized spacial score (nSPS) is 10.0. The summed E-state index contributed by atoms with van der Waals surface area (Å²) in [6.07, 6.45) is 1.45. The van der Waals surface area contributed by atoms with E-state index in [1.165, 1.54) is 6.07 Å². The highest BCUT2D eigenvalue weighted by Crippen LogP contribution is 2.20. The fraction of sp³-hybridized carbons (Fsp3) is 0.190. The van der Waals surface area contributed by atoms with E-state index in [0.717, 1.165) is 17.7 Å². The molecule has 0 bridgehead atoms.